The third kappa shape index (κ3) is 5.39. The Hall–Kier alpha value is -1.79. The number of carbonyl (C=O) groups excluding carboxylic acids is 3. The quantitative estimate of drug-likeness (QED) is 0.555. The number of nitrogens with zero attached hydrogens (tertiary/aromatic N) is 1. The minimum atomic E-state index is -1.13. The minimum Gasteiger partial charge on any atom is -0.354 e. The molecule has 130 valence electrons. The first-order valence-corrected chi connectivity index (χ1v) is 8.50. The Kier molecular flexibility index (Phi) is 6.87. The third-order valence-corrected chi connectivity index (χ3v) is 4.12. The average molecular weight is 372 g/mol. The smallest absolute Gasteiger partial charge is 0.253 e. The number of nitrogens with one attached hydrogen (secondary N) is 2. The Morgan fingerprint density at radius 2 is 1.83 bits per heavy atom. The van der Waals surface area contributed by atoms with Crippen molar-refractivity contribution in [2.24, 2.45) is 5.92 Å². The maximum atomic E-state index is 12.1. The van der Waals surface area contributed by atoms with Crippen molar-refractivity contribution in [1.82, 2.24) is 15.5 Å². The van der Waals surface area contributed by atoms with Gasteiger partial charge in [0.05, 0.1) is 5.92 Å². The molecule has 1 aliphatic rings. The monoisotopic (exact) mass is 371 g/mol. The molecule has 2 N–H and O–H groups in total. The van der Waals surface area contributed by atoms with Gasteiger partial charge in [-0.3, -0.25) is 14.4 Å². The van der Waals surface area contributed by atoms with Gasteiger partial charge in [0.25, 0.3) is 5.91 Å². The van der Waals surface area contributed by atoms with Crippen molar-refractivity contribution in [2.45, 2.75) is 17.8 Å². The second-order valence-electron chi connectivity index (χ2n) is 5.54. The van der Waals surface area contributed by atoms with Gasteiger partial charge >= 0.3 is 0 Å². The van der Waals surface area contributed by atoms with Gasteiger partial charge in [0.15, 0.2) is 4.84 Å². The highest BCUT2D eigenvalue weighted by molar-refractivity contribution is 6.53. The van der Waals surface area contributed by atoms with E-state index in [4.69, 9.17) is 23.2 Å². The van der Waals surface area contributed by atoms with Crippen LogP contribution in [0.1, 0.15) is 12.0 Å². The molecule has 0 aromatic heterocycles. The standard InChI is InChI=1S/C16H19Cl2N3O3/c17-14(18)16(24)20-7-6-19-15(23)12-8-13(22)21(10-12)9-11-4-2-1-3-5-11/h1-5,12,14H,6-10H2,(H,19,23)(H,20,24). The van der Waals surface area contributed by atoms with Gasteiger partial charge in [-0.25, -0.2) is 0 Å². The fourth-order valence-electron chi connectivity index (χ4n) is 2.50. The lowest BCUT2D eigenvalue weighted by Crippen LogP contribution is -2.39. The summed E-state index contributed by atoms with van der Waals surface area (Å²) in [6.45, 7) is 1.40. The zero-order chi connectivity index (χ0) is 17.5. The van der Waals surface area contributed by atoms with Crippen molar-refractivity contribution in [3.05, 3.63) is 35.9 Å². The van der Waals surface area contributed by atoms with E-state index in [2.05, 4.69) is 10.6 Å². The van der Waals surface area contributed by atoms with Crippen LogP contribution in [0.25, 0.3) is 0 Å². The van der Waals surface area contributed by atoms with Crippen LogP contribution in [0.2, 0.25) is 0 Å². The summed E-state index contributed by atoms with van der Waals surface area (Å²) in [5.41, 5.74) is 1.03. The van der Waals surface area contributed by atoms with Gasteiger partial charge in [-0.2, -0.15) is 0 Å². The van der Waals surface area contributed by atoms with Gasteiger partial charge in [-0.1, -0.05) is 53.5 Å². The SMILES string of the molecule is O=C(NCCNC(=O)C1CC(=O)N(Cc2ccccc2)C1)C(Cl)Cl. The highest BCUT2D eigenvalue weighted by Crippen LogP contribution is 2.20. The number of alkyl halides is 2. The topological polar surface area (TPSA) is 78.5 Å². The Labute approximate surface area is 150 Å². The molecule has 1 aromatic carbocycles. The molecule has 0 bridgehead atoms. The van der Waals surface area contributed by atoms with Crippen LogP contribution in [-0.4, -0.2) is 47.1 Å². The van der Waals surface area contributed by atoms with E-state index in [1.54, 1.807) is 4.90 Å². The lowest BCUT2D eigenvalue weighted by molar-refractivity contribution is -0.129. The highest BCUT2D eigenvalue weighted by atomic mass is 35.5. The van der Waals surface area contributed by atoms with E-state index in [0.717, 1.165) is 5.56 Å². The van der Waals surface area contributed by atoms with Gasteiger partial charge in [0.2, 0.25) is 11.8 Å². The first-order chi connectivity index (χ1) is 11.5. The molecule has 1 heterocycles. The predicted octanol–water partition coefficient (Wildman–Crippen LogP) is 1.07. The van der Waals surface area contributed by atoms with Crippen LogP contribution in [0.3, 0.4) is 0 Å². The molecule has 1 aliphatic heterocycles. The first kappa shape index (κ1) is 18.5. The number of halogens is 2. The molecular weight excluding hydrogens is 353 g/mol. The lowest BCUT2D eigenvalue weighted by atomic mass is 10.1. The number of carbonyl (C=O) groups is 3. The van der Waals surface area contributed by atoms with E-state index in [1.165, 1.54) is 0 Å². The summed E-state index contributed by atoms with van der Waals surface area (Å²) in [6, 6.07) is 9.65. The van der Waals surface area contributed by atoms with E-state index >= 15 is 0 Å². The second kappa shape index (κ2) is 8.89. The molecule has 1 saturated heterocycles. The van der Waals surface area contributed by atoms with E-state index in [0.29, 0.717) is 13.1 Å². The Balaban J connectivity index is 1.74. The molecule has 0 aliphatic carbocycles. The number of hydrogen-bond acceptors (Lipinski definition) is 3. The summed E-state index contributed by atoms with van der Waals surface area (Å²) >= 11 is 10.8. The normalized spacial score (nSPS) is 17.2. The molecule has 1 fully saturated rings. The van der Waals surface area contributed by atoms with Crippen LogP contribution in [0, 0.1) is 5.92 Å². The van der Waals surface area contributed by atoms with E-state index in [9.17, 15) is 14.4 Å². The van der Waals surface area contributed by atoms with E-state index in [-0.39, 0.29) is 37.2 Å². The fourth-order valence-corrected chi connectivity index (χ4v) is 2.65. The summed E-state index contributed by atoms with van der Waals surface area (Å²) in [4.78, 5) is 35.9. The molecule has 3 amide bonds. The number of likely N-dealkylation sites (tertiary alicyclic amines) is 1. The molecule has 0 saturated carbocycles. The number of amides is 3. The summed E-state index contributed by atoms with van der Waals surface area (Å²) in [5, 5.41) is 5.19. The molecule has 6 nitrogen and oxygen atoms in total. The maximum absolute atomic E-state index is 12.1. The summed E-state index contributed by atoms with van der Waals surface area (Å²) in [5.74, 6) is -1.09. The molecule has 1 atom stereocenters. The molecular formula is C16H19Cl2N3O3. The van der Waals surface area contributed by atoms with Crippen molar-refractivity contribution in [1.29, 1.82) is 0 Å². The number of rotatable bonds is 7. The molecule has 8 heteroatoms. The lowest BCUT2D eigenvalue weighted by Gasteiger charge is -2.16. The van der Waals surface area contributed by atoms with Gasteiger partial charge in [0.1, 0.15) is 0 Å². The van der Waals surface area contributed by atoms with Crippen LogP contribution >= 0.6 is 23.2 Å². The molecule has 24 heavy (non-hydrogen) atoms. The molecule has 2 rings (SSSR count). The van der Waals surface area contributed by atoms with E-state index in [1.807, 2.05) is 30.3 Å². The summed E-state index contributed by atoms with van der Waals surface area (Å²) in [6.07, 6.45) is 0.205. The Bertz CT molecular complexity index is 595. The van der Waals surface area contributed by atoms with Crippen LogP contribution in [-0.2, 0) is 20.9 Å². The summed E-state index contributed by atoms with van der Waals surface area (Å²) < 4.78 is 0. The highest BCUT2D eigenvalue weighted by Gasteiger charge is 2.33. The fraction of sp³-hybridized carbons (Fsp3) is 0.438. The number of hydrogen-bond donors (Lipinski definition) is 2. The largest absolute Gasteiger partial charge is 0.354 e. The maximum Gasteiger partial charge on any atom is 0.253 e. The zero-order valence-electron chi connectivity index (χ0n) is 13.0. The van der Waals surface area contributed by atoms with Crippen LogP contribution in [0.4, 0.5) is 0 Å². The zero-order valence-corrected chi connectivity index (χ0v) is 14.5. The van der Waals surface area contributed by atoms with Crippen LogP contribution < -0.4 is 10.6 Å². The van der Waals surface area contributed by atoms with Crippen LogP contribution in [0.5, 0.6) is 0 Å². The van der Waals surface area contributed by atoms with Crippen molar-refractivity contribution in [3.63, 3.8) is 0 Å². The van der Waals surface area contributed by atoms with Gasteiger partial charge < -0.3 is 15.5 Å². The van der Waals surface area contributed by atoms with Crippen molar-refractivity contribution in [3.8, 4) is 0 Å². The van der Waals surface area contributed by atoms with Gasteiger partial charge in [-0.05, 0) is 5.56 Å². The Morgan fingerprint density at radius 1 is 1.17 bits per heavy atom. The second-order valence-corrected chi connectivity index (χ2v) is 6.64. The molecule has 1 unspecified atom stereocenters. The van der Waals surface area contributed by atoms with Crippen molar-refractivity contribution in [2.75, 3.05) is 19.6 Å². The van der Waals surface area contributed by atoms with Crippen molar-refractivity contribution >= 4 is 40.9 Å². The average Bonchev–Trinajstić information content (AvgIpc) is 2.93. The molecule has 0 spiro atoms. The Morgan fingerprint density at radius 3 is 2.50 bits per heavy atom. The van der Waals surface area contributed by atoms with Gasteiger partial charge in [-0.15, -0.1) is 0 Å². The predicted molar refractivity (Wildman–Crippen MR) is 91.5 cm³/mol. The molecule has 1 aromatic rings. The van der Waals surface area contributed by atoms with Gasteiger partial charge in [0, 0.05) is 32.6 Å². The van der Waals surface area contributed by atoms with E-state index < -0.39 is 10.7 Å². The summed E-state index contributed by atoms with van der Waals surface area (Å²) in [7, 11) is 0. The third-order valence-electron chi connectivity index (χ3n) is 3.72. The van der Waals surface area contributed by atoms with Crippen molar-refractivity contribution < 1.29 is 14.4 Å². The number of benzene rings is 1. The van der Waals surface area contributed by atoms with Crippen LogP contribution in [0.15, 0.2) is 30.3 Å². The first-order valence-electron chi connectivity index (χ1n) is 7.62. The minimum absolute atomic E-state index is 0.0283. The molecule has 0 radical (unpaired) electrons.